The molecule has 206 valence electrons. The van der Waals surface area contributed by atoms with E-state index in [1.54, 1.807) is 29.2 Å². The molecular weight excluding hydrogens is 502 g/mol. The van der Waals surface area contributed by atoms with Crippen LogP contribution in [0, 0.1) is 0 Å². The Morgan fingerprint density at radius 1 is 1.00 bits per heavy atom. The van der Waals surface area contributed by atoms with Gasteiger partial charge >= 0.3 is 0 Å². The molecule has 0 unspecified atom stereocenters. The van der Waals surface area contributed by atoms with Crippen LogP contribution in [0.1, 0.15) is 39.0 Å². The van der Waals surface area contributed by atoms with Crippen LogP contribution >= 0.6 is 0 Å². The van der Waals surface area contributed by atoms with Crippen molar-refractivity contribution in [1.29, 1.82) is 0 Å². The molecule has 3 heterocycles. The summed E-state index contributed by atoms with van der Waals surface area (Å²) >= 11 is 0. The fourth-order valence-electron chi connectivity index (χ4n) is 5.83. The molecule has 0 bridgehead atoms. The van der Waals surface area contributed by atoms with Crippen molar-refractivity contribution >= 4 is 27.1 Å². The molecule has 5 rings (SSSR count). The van der Waals surface area contributed by atoms with Gasteiger partial charge in [0, 0.05) is 43.3 Å². The minimum atomic E-state index is -3.28. The van der Waals surface area contributed by atoms with E-state index < -0.39 is 15.4 Å². The maximum Gasteiger partial charge on any atom is 0.253 e. The first-order valence-electron chi connectivity index (χ1n) is 13.7. The Morgan fingerprint density at radius 2 is 1.68 bits per heavy atom. The third-order valence-corrected chi connectivity index (χ3v) is 9.38. The van der Waals surface area contributed by atoms with Crippen molar-refractivity contribution in [3.05, 3.63) is 48.5 Å². The van der Waals surface area contributed by atoms with Crippen molar-refractivity contribution in [2.75, 3.05) is 62.0 Å². The topological polar surface area (TPSA) is 79.4 Å². The van der Waals surface area contributed by atoms with E-state index in [0.717, 1.165) is 56.9 Å². The zero-order valence-corrected chi connectivity index (χ0v) is 23.3. The summed E-state index contributed by atoms with van der Waals surface area (Å²) in [7, 11) is -3.28. The summed E-state index contributed by atoms with van der Waals surface area (Å²) in [6.07, 6.45) is 6.47. The lowest BCUT2D eigenvalue weighted by Crippen LogP contribution is -2.59. The van der Waals surface area contributed by atoms with Gasteiger partial charge in [-0.3, -0.25) is 4.79 Å². The molecule has 1 spiro atoms. The van der Waals surface area contributed by atoms with Gasteiger partial charge in [-0.1, -0.05) is 0 Å². The molecule has 0 N–H and O–H groups in total. The minimum absolute atomic E-state index is 0.0382. The van der Waals surface area contributed by atoms with Crippen LogP contribution in [-0.4, -0.2) is 83.1 Å². The number of likely N-dealkylation sites (tertiary alicyclic amines) is 1. The van der Waals surface area contributed by atoms with Gasteiger partial charge in [-0.05, 0) is 94.1 Å². The first-order valence-corrected chi connectivity index (χ1v) is 15.6. The summed E-state index contributed by atoms with van der Waals surface area (Å²) in [4.78, 5) is 19.5. The van der Waals surface area contributed by atoms with Crippen molar-refractivity contribution in [2.45, 2.75) is 55.6 Å². The summed E-state index contributed by atoms with van der Waals surface area (Å²) in [6, 6.07) is 15.6. The van der Waals surface area contributed by atoms with Crippen molar-refractivity contribution < 1.29 is 22.7 Å². The highest BCUT2D eigenvalue weighted by atomic mass is 32.2. The van der Waals surface area contributed by atoms with Gasteiger partial charge in [0.25, 0.3) is 5.91 Å². The number of benzene rings is 2. The Bertz CT molecular complexity index is 1210. The molecule has 0 saturated carbocycles. The van der Waals surface area contributed by atoms with E-state index in [2.05, 4.69) is 41.0 Å². The van der Waals surface area contributed by atoms with E-state index in [1.165, 1.54) is 25.6 Å². The molecule has 9 heteroatoms. The molecule has 8 nitrogen and oxygen atoms in total. The van der Waals surface area contributed by atoms with Crippen LogP contribution in [0.4, 0.5) is 11.4 Å². The van der Waals surface area contributed by atoms with E-state index in [0.29, 0.717) is 18.3 Å². The third-order valence-electron chi connectivity index (χ3n) is 8.25. The Morgan fingerprint density at radius 3 is 2.32 bits per heavy atom. The van der Waals surface area contributed by atoms with Gasteiger partial charge in [0.05, 0.1) is 23.6 Å². The molecule has 0 aliphatic carbocycles. The predicted molar refractivity (Wildman–Crippen MR) is 149 cm³/mol. The lowest BCUT2D eigenvalue weighted by molar-refractivity contribution is -0.141. The summed E-state index contributed by atoms with van der Waals surface area (Å²) in [5.41, 5.74) is 1.48. The zero-order chi connectivity index (χ0) is 26.8. The molecule has 3 fully saturated rings. The van der Waals surface area contributed by atoms with Crippen LogP contribution in [0.5, 0.6) is 5.75 Å². The summed E-state index contributed by atoms with van der Waals surface area (Å²) in [5, 5.41) is 0. The highest BCUT2D eigenvalue weighted by Gasteiger charge is 2.42. The number of hydrogen-bond acceptors (Lipinski definition) is 7. The Balaban J connectivity index is 1.12. The van der Waals surface area contributed by atoms with Crippen LogP contribution in [-0.2, 0) is 19.4 Å². The number of hydrogen-bond donors (Lipinski definition) is 0. The van der Waals surface area contributed by atoms with Crippen LogP contribution in [0.2, 0.25) is 0 Å². The molecule has 38 heavy (non-hydrogen) atoms. The smallest absolute Gasteiger partial charge is 0.253 e. The highest BCUT2D eigenvalue weighted by molar-refractivity contribution is 7.90. The quantitative estimate of drug-likeness (QED) is 0.471. The minimum Gasteiger partial charge on any atom is -0.494 e. The van der Waals surface area contributed by atoms with E-state index in [1.807, 2.05) is 0 Å². The molecular formula is C29H39N3O5S. The van der Waals surface area contributed by atoms with Crippen molar-refractivity contribution in [3.63, 3.8) is 0 Å². The number of carbonyl (C=O) groups is 1. The number of ether oxygens (including phenoxy) is 2. The molecule has 2 aromatic rings. The molecule has 3 saturated heterocycles. The van der Waals surface area contributed by atoms with Crippen molar-refractivity contribution in [3.8, 4) is 5.75 Å². The molecule has 1 amide bonds. The first kappa shape index (κ1) is 27.0. The summed E-state index contributed by atoms with van der Waals surface area (Å²) in [5.74, 6) is 0.805. The van der Waals surface area contributed by atoms with Gasteiger partial charge in [-0.2, -0.15) is 0 Å². The molecule has 1 atom stereocenters. The largest absolute Gasteiger partial charge is 0.494 e. The van der Waals surface area contributed by atoms with Crippen molar-refractivity contribution in [2.24, 2.45) is 0 Å². The molecule has 2 aromatic carbocycles. The van der Waals surface area contributed by atoms with Crippen LogP contribution in [0.25, 0.3) is 0 Å². The summed E-state index contributed by atoms with van der Waals surface area (Å²) < 4.78 is 35.7. The molecule has 0 radical (unpaired) electrons. The van der Waals surface area contributed by atoms with Gasteiger partial charge in [0.1, 0.15) is 12.4 Å². The number of amides is 1. The van der Waals surface area contributed by atoms with Gasteiger partial charge in [-0.15, -0.1) is 0 Å². The second-order valence-corrected chi connectivity index (χ2v) is 12.9. The maximum absolute atomic E-state index is 12.7. The second-order valence-electron chi connectivity index (χ2n) is 10.9. The van der Waals surface area contributed by atoms with Crippen molar-refractivity contribution in [1.82, 2.24) is 4.90 Å². The van der Waals surface area contributed by atoms with E-state index in [-0.39, 0.29) is 17.4 Å². The predicted octanol–water partition coefficient (Wildman–Crippen LogP) is 3.75. The van der Waals surface area contributed by atoms with E-state index in [9.17, 15) is 13.2 Å². The average molecular weight is 542 g/mol. The first-order chi connectivity index (χ1) is 18.2. The van der Waals surface area contributed by atoms with Gasteiger partial charge < -0.3 is 24.2 Å². The number of morpholine rings is 1. The van der Waals surface area contributed by atoms with Crippen LogP contribution < -0.4 is 14.5 Å². The standard InChI is InChI=1S/C29H39N3O5S/c1-23-5-3-16-30(23)17-4-20-36-26-10-6-24(7-11-26)31-18-14-29(15-19-31)22-32(28(33)21-37-29)25-8-12-27(13-9-25)38(2,34)35/h6-13,23H,3-5,14-22H2,1-2H3/t23-/m1/s1. The fourth-order valence-corrected chi connectivity index (χ4v) is 6.46. The summed E-state index contributed by atoms with van der Waals surface area (Å²) in [6.45, 7) is 7.55. The molecule has 3 aliphatic rings. The lowest BCUT2D eigenvalue weighted by atomic mass is 9.88. The Labute approximate surface area is 226 Å². The average Bonchev–Trinajstić information content (AvgIpc) is 3.33. The zero-order valence-electron chi connectivity index (χ0n) is 22.5. The SMILES string of the molecule is C[C@@H]1CCCN1CCCOc1ccc(N2CCC3(CC2)CN(c2ccc(S(C)(=O)=O)cc2)C(=O)CO3)cc1. The lowest BCUT2D eigenvalue weighted by Gasteiger charge is -2.47. The monoisotopic (exact) mass is 541 g/mol. The third kappa shape index (κ3) is 6.16. The fraction of sp³-hybridized carbons (Fsp3) is 0.552. The van der Waals surface area contributed by atoms with Crippen LogP contribution in [0.15, 0.2) is 53.4 Å². The highest BCUT2D eigenvalue weighted by Crippen LogP contribution is 2.35. The number of piperidine rings is 1. The number of anilines is 2. The van der Waals surface area contributed by atoms with Gasteiger partial charge in [-0.25, -0.2) is 8.42 Å². The molecule has 3 aliphatic heterocycles. The number of rotatable bonds is 8. The van der Waals surface area contributed by atoms with Gasteiger partial charge in [0.15, 0.2) is 9.84 Å². The molecule has 0 aromatic heterocycles. The maximum atomic E-state index is 12.7. The van der Waals surface area contributed by atoms with E-state index in [4.69, 9.17) is 9.47 Å². The van der Waals surface area contributed by atoms with E-state index >= 15 is 0 Å². The number of nitrogens with zero attached hydrogens (tertiary/aromatic N) is 3. The number of carbonyl (C=O) groups excluding carboxylic acids is 1. The number of sulfone groups is 1. The van der Waals surface area contributed by atoms with Crippen LogP contribution in [0.3, 0.4) is 0 Å². The second kappa shape index (κ2) is 11.2. The Hall–Kier alpha value is -2.62. The van der Waals surface area contributed by atoms with Gasteiger partial charge in [0.2, 0.25) is 0 Å². The Kier molecular flexibility index (Phi) is 7.98. The normalized spacial score (nSPS) is 22.3.